The van der Waals surface area contributed by atoms with Crippen LogP contribution in [-0.4, -0.2) is 19.1 Å². The fourth-order valence-corrected chi connectivity index (χ4v) is 11.2. The summed E-state index contributed by atoms with van der Waals surface area (Å²) in [5, 5.41) is 9.13. The number of thiophene rings is 1. The Bertz CT molecular complexity index is 3940. The van der Waals surface area contributed by atoms with Crippen LogP contribution in [0, 0.1) is 0 Å². The average Bonchev–Trinajstić information content (AvgIpc) is 4.01. The maximum absolute atomic E-state index is 6.67. The summed E-state index contributed by atoms with van der Waals surface area (Å²) < 4.78 is 13.9. The molecule has 0 saturated carbocycles. The van der Waals surface area contributed by atoms with Gasteiger partial charge in [0.1, 0.15) is 5.58 Å². The van der Waals surface area contributed by atoms with E-state index in [1.807, 2.05) is 23.5 Å². The summed E-state index contributed by atoms with van der Waals surface area (Å²) in [6.45, 7) is 0. The Balaban J connectivity index is 1.18. The quantitative estimate of drug-likeness (QED) is 0.176. The molecule has 1 aliphatic rings. The van der Waals surface area contributed by atoms with Gasteiger partial charge in [0.05, 0.1) is 38.8 Å². The first-order valence-electron chi connectivity index (χ1n) is 19.6. The zero-order valence-corrected chi connectivity index (χ0v) is 31.6. The second-order valence-electron chi connectivity index (χ2n) is 15.2. The van der Waals surface area contributed by atoms with Gasteiger partial charge in [-0.3, -0.25) is 4.57 Å². The number of hydrogen-bond donors (Lipinski definition) is 0. The third-order valence-corrected chi connectivity index (χ3v) is 13.5. The minimum atomic E-state index is 0.571. The van der Waals surface area contributed by atoms with Gasteiger partial charge in [-0.25, -0.2) is 4.98 Å². The van der Waals surface area contributed by atoms with Crippen molar-refractivity contribution in [2.24, 2.45) is 0 Å². The van der Waals surface area contributed by atoms with E-state index in [1.54, 1.807) is 0 Å². The second kappa shape index (κ2) is 11.1. The van der Waals surface area contributed by atoms with Gasteiger partial charge in [0, 0.05) is 63.8 Å². The van der Waals surface area contributed by atoms with E-state index in [2.05, 4.69) is 167 Å². The Kier molecular flexibility index (Phi) is 5.85. The first kappa shape index (κ1) is 30.7. The van der Waals surface area contributed by atoms with E-state index in [-0.39, 0.29) is 0 Å². The summed E-state index contributed by atoms with van der Waals surface area (Å²) in [5.74, 6) is 0.575. The standard InChI is InChI=1S/C52H28N4OS/c1-2-18-33-29(14-1)30-15-3-8-23-39(30)55-40-24-9-4-16-31(40)38-28-42-45(46(33)49(38)55)35-19-5-10-25-41(35)56(42)52-53-48(47-36-20-6-11-26-43(36)57-51(47)54-52)37-22-13-21-34-32-17-7-12-27-44(32)58-50(34)37/h1-28H. The number of hydrogen-bond acceptors (Lipinski definition) is 4. The lowest BCUT2D eigenvalue weighted by molar-refractivity contribution is 0.651. The summed E-state index contributed by atoms with van der Waals surface area (Å²) >= 11 is 1.81. The van der Waals surface area contributed by atoms with E-state index in [0.29, 0.717) is 11.7 Å². The van der Waals surface area contributed by atoms with Crippen molar-refractivity contribution >= 4 is 97.2 Å². The van der Waals surface area contributed by atoms with Gasteiger partial charge in [0.2, 0.25) is 11.7 Å². The fourth-order valence-electron chi connectivity index (χ4n) is 9.97. The van der Waals surface area contributed by atoms with E-state index in [4.69, 9.17) is 14.4 Å². The molecule has 0 atom stereocenters. The van der Waals surface area contributed by atoms with E-state index in [1.165, 1.54) is 75.3 Å². The molecule has 8 aromatic carbocycles. The summed E-state index contributed by atoms with van der Waals surface area (Å²) in [6, 6.07) is 61.1. The van der Waals surface area contributed by atoms with Gasteiger partial charge in [0.15, 0.2) is 0 Å². The molecule has 0 bridgehead atoms. The van der Waals surface area contributed by atoms with Gasteiger partial charge in [0.25, 0.3) is 0 Å². The summed E-state index contributed by atoms with van der Waals surface area (Å²) in [6.07, 6.45) is 0. The van der Waals surface area contributed by atoms with Crippen LogP contribution in [0.5, 0.6) is 0 Å². The van der Waals surface area contributed by atoms with Crippen molar-refractivity contribution in [3.05, 3.63) is 170 Å². The predicted molar refractivity (Wildman–Crippen MR) is 241 cm³/mol. The van der Waals surface area contributed by atoms with Crippen molar-refractivity contribution in [1.29, 1.82) is 0 Å². The molecule has 0 spiro atoms. The monoisotopic (exact) mass is 756 g/mol. The number of nitrogens with zero attached hydrogens (tertiary/aromatic N) is 4. The molecule has 13 aromatic rings. The van der Waals surface area contributed by atoms with Gasteiger partial charge in [-0.1, -0.05) is 133 Å². The smallest absolute Gasteiger partial charge is 0.238 e. The first-order chi connectivity index (χ1) is 28.8. The lowest BCUT2D eigenvalue weighted by Gasteiger charge is -2.13. The van der Waals surface area contributed by atoms with Gasteiger partial charge < -0.3 is 8.98 Å². The highest BCUT2D eigenvalue weighted by Crippen LogP contribution is 2.52. The SMILES string of the molecule is c1ccc2c(c1)-c1ccccc1-n1c3ccccc3c3cc4c(c-2c31)c1ccccc1n4-c1nc(-c2cccc3c2sc2ccccc23)c2c(n1)oc1ccccc12. The number of para-hydroxylation sites is 4. The molecule has 0 aliphatic carbocycles. The molecule has 6 heterocycles. The molecule has 14 rings (SSSR count). The highest BCUT2D eigenvalue weighted by molar-refractivity contribution is 7.26. The lowest BCUT2D eigenvalue weighted by atomic mass is 9.91. The van der Waals surface area contributed by atoms with Crippen molar-refractivity contribution in [3.63, 3.8) is 0 Å². The van der Waals surface area contributed by atoms with Crippen LogP contribution in [0.2, 0.25) is 0 Å². The number of aromatic nitrogens is 4. The van der Waals surface area contributed by atoms with E-state index in [0.717, 1.165) is 44.0 Å². The van der Waals surface area contributed by atoms with Gasteiger partial charge in [-0.05, 0) is 47.5 Å². The fraction of sp³-hybridized carbons (Fsp3) is 0. The van der Waals surface area contributed by atoms with Crippen LogP contribution < -0.4 is 0 Å². The van der Waals surface area contributed by atoms with Crippen LogP contribution in [0.3, 0.4) is 0 Å². The molecule has 0 radical (unpaired) electrons. The molecule has 6 heteroatoms. The third-order valence-electron chi connectivity index (χ3n) is 12.3. The van der Waals surface area contributed by atoms with Crippen LogP contribution >= 0.6 is 11.3 Å². The normalized spacial score (nSPS) is 12.5. The Labute approximate surface area is 334 Å². The molecule has 0 N–H and O–H groups in total. The summed E-state index contributed by atoms with van der Waals surface area (Å²) in [7, 11) is 0. The Morgan fingerprint density at radius 1 is 0.448 bits per heavy atom. The molecule has 0 fully saturated rings. The van der Waals surface area contributed by atoms with Crippen molar-refractivity contribution in [2.75, 3.05) is 0 Å². The Morgan fingerprint density at radius 2 is 1.10 bits per heavy atom. The van der Waals surface area contributed by atoms with Crippen LogP contribution in [0.15, 0.2) is 174 Å². The minimum absolute atomic E-state index is 0.571. The van der Waals surface area contributed by atoms with E-state index in [9.17, 15) is 0 Å². The number of fused-ring (bicyclic) bond motifs is 18. The molecule has 0 saturated heterocycles. The minimum Gasteiger partial charge on any atom is -0.437 e. The molecule has 268 valence electrons. The zero-order chi connectivity index (χ0) is 37.6. The zero-order valence-electron chi connectivity index (χ0n) is 30.8. The highest BCUT2D eigenvalue weighted by atomic mass is 32.1. The van der Waals surface area contributed by atoms with Crippen LogP contribution in [-0.2, 0) is 0 Å². The average molecular weight is 757 g/mol. The first-order valence-corrected chi connectivity index (χ1v) is 20.4. The molecular formula is C52H28N4OS. The number of furan rings is 1. The Morgan fingerprint density at radius 3 is 1.98 bits per heavy atom. The molecule has 1 aliphatic heterocycles. The van der Waals surface area contributed by atoms with E-state index < -0.39 is 0 Å². The molecule has 0 unspecified atom stereocenters. The predicted octanol–water partition coefficient (Wildman–Crippen LogP) is 14.3. The van der Waals surface area contributed by atoms with Crippen LogP contribution in [0.1, 0.15) is 0 Å². The molecule has 0 amide bonds. The maximum atomic E-state index is 6.67. The largest absolute Gasteiger partial charge is 0.437 e. The second-order valence-corrected chi connectivity index (χ2v) is 16.3. The van der Waals surface area contributed by atoms with Crippen LogP contribution in [0.4, 0.5) is 0 Å². The summed E-state index contributed by atoms with van der Waals surface area (Å²) in [4.78, 5) is 11.0. The lowest BCUT2D eigenvalue weighted by Crippen LogP contribution is -2.03. The Hall–Kier alpha value is -7.54. The van der Waals surface area contributed by atoms with Crippen molar-refractivity contribution in [2.45, 2.75) is 0 Å². The maximum Gasteiger partial charge on any atom is 0.238 e. The number of benzene rings is 8. The van der Waals surface area contributed by atoms with Crippen molar-refractivity contribution < 1.29 is 4.42 Å². The van der Waals surface area contributed by atoms with Gasteiger partial charge >= 0.3 is 0 Å². The van der Waals surface area contributed by atoms with Gasteiger partial charge in [-0.15, -0.1) is 11.3 Å². The molecule has 58 heavy (non-hydrogen) atoms. The summed E-state index contributed by atoms with van der Waals surface area (Å²) in [5.41, 5.74) is 13.8. The molecular weight excluding hydrogens is 729 g/mol. The van der Waals surface area contributed by atoms with Crippen LogP contribution in [0.25, 0.3) is 131 Å². The highest BCUT2D eigenvalue weighted by Gasteiger charge is 2.30. The van der Waals surface area contributed by atoms with Crippen molar-refractivity contribution in [1.82, 2.24) is 19.1 Å². The van der Waals surface area contributed by atoms with Crippen molar-refractivity contribution in [3.8, 4) is 45.1 Å². The topological polar surface area (TPSA) is 48.8 Å². The van der Waals surface area contributed by atoms with E-state index >= 15 is 0 Å². The van der Waals surface area contributed by atoms with Gasteiger partial charge in [-0.2, -0.15) is 4.98 Å². The molecule has 5 nitrogen and oxygen atoms in total. The number of rotatable bonds is 2. The molecule has 5 aromatic heterocycles. The third kappa shape index (κ3) is 3.85.